The normalized spacial score (nSPS) is 12.0. The molecule has 0 saturated carbocycles. The maximum absolute atomic E-state index is 10.2. The molecule has 0 aromatic rings. The third kappa shape index (κ3) is 3.77. The molecule has 0 bridgehead atoms. The lowest BCUT2D eigenvalue weighted by atomic mass is 10.0. The summed E-state index contributed by atoms with van der Waals surface area (Å²) < 4.78 is 0. The van der Waals surface area contributed by atoms with Crippen LogP contribution in [0.1, 0.15) is 12.8 Å². The van der Waals surface area contributed by atoms with Crippen LogP contribution in [-0.4, -0.2) is 18.5 Å². The molecular formula is C6H9NO3. The number of amides is 1. The van der Waals surface area contributed by atoms with Crippen LogP contribution in [0.5, 0.6) is 0 Å². The first-order chi connectivity index (χ1) is 4.70. The summed E-state index contributed by atoms with van der Waals surface area (Å²) in [5.74, 6) is -1.09. The Morgan fingerprint density at radius 2 is 2.10 bits per heavy atom. The van der Waals surface area contributed by atoms with Gasteiger partial charge in [-0.25, -0.2) is 0 Å². The molecule has 0 aromatic heterocycles. The van der Waals surface area contributed by atoms with Crippen LogP contribution in [0.15, 0.2) is 0 Å². The first-order valence-electron chi connectivity index (χ1n) is 2.88. The molecule has 0 aliphatic carbocycles. The predicted octanol–water partition coefficient (Wildman–Crippen LogP) is -0.734. The molecule has 1 unspecified atom stereocenters. The minimum absolute atomic E-state index is 0.0394. The van der Waals surface area contributed by atoms with Gasteiger partial charge in [-0.3, -0.25) is 4.79 Å². The molecule has 1 atom stereocenters. The van der Waals surface area contributed by atoms with Crippen LogP contribution in [0.25, 0.3) is 0 Å². The van der Waals surface area contributed by atoms with Gasteiger partial charge in [-0.2, -0.15) is 0 Å². The first-order valence-corrected chi connectivity index (χ1v) is 2.88. The van der Waals surface area contributed by atoms with Crippen molar-refractivity contribution in [3.8, 4) is 0 Å². The van der Waals surface area contributed by atoms with Crippen LogP contribution < -0.4 is 5.73 Å². The zero-order chi connectivity index (χ0) is 7.98. The molecule has 0 fully saturated rings. The largest absolute Gasteiger partial charge is 0.370 e. The van der Waals surface area contributed by atoms with Gasteiger partial charge in [0.05, 0.1) is 0 Å². The number of hydrogen-bond acceptors (Lipinski definition) is 3. The Bertz CT molecular complexity index is 144. The average molecular weight is 143 g/mol. The number of carbonyl (C=O) groups excluding carboxylic acids is 3. The van der Waals surface area contributed by atoms with Crippen LogP contribution >= 0.6 is 0 Å². The molecule has 10 heavy (non-hydrogen) atoms. The molecule has 0 spiro atoms. The molecule has 0 rings (SSSR count). The molecule has 0 saturated heterocycles. The zero-order valence-electron chi connectivity index (χ0n) is 5.45. The maximum atomic E-state index is 10.2. The van der Waals surface area contributed by atoms with Crippen LogP contribution in [0.3, 0.4) is 0 Å². The van der Waals surface area contributed by atoms with Crippen molar-refractivity contribution in [3.05, 3.63) is 0 Å². The lowest BCUT2D eigenvalue weighted by molar-refractivity contribution is -0.122. The molecule has 56 valence electrons. The highest BCUT2D eigenvalue weighted by Crippen LogP contribution is 2.01. The highest BCUT2D eigenvalue weighted by Gasteiger charge is 2.08. The van der Waals surface area contributed by atoms with E-state index in [-0.39, 0.29) is 12.8 Å². The van der Waals surface area contributed by atoms with E-state index in [0.29, 0.717) is 12.6 Å². The maximum Gasteiger partial charge on any atom is 0.218 e. The van der Waals surface area contributed by atoms with Crippen molar-refractivity contribution in [2.75, 3.05) is 0 Å². The monoisotopic (exact) mass is 143 g/mol. The van der Waals surface area contributed by atoms with Crippen LogP contribution in [0.2, 0.25) is 0 Å². The Hall–Kier alpha value is -1.19. The summed E-state index contributed by atoms with van der Waals surface area (Å²) in [4.78, 5) is 30.1. The van der Waals surface area contributed by atoms with E-state index in [0.717, 1.165) is 0 Å². The smallest absolute Gasteiger partial charge is 0.218 e. The molecule has 0 radical (unpaired) electrons. The Labute approximate surface area is 58.4 Å². The second-order valence-corrected chi connectivity index (χ2v) is 1.97. The summed E-state index contributed by atoms with van der Waals surface area (Å²) >= 11 is 0. The van der Waals surface area contributed by atoms with Crippen molar-refractivity contribution < 1.29 is 14.4 Å². The van der Waals surface area contributed by atoms with Gasteiger partial charge in [-0.05, 0) is 0 Å². The van der Waals surface area contributed by atoms with Gasteiger partial charge in [-0.15, -0.1) is 0 Å². The molecule has 0 aliphatic heterocycles. The molecule has 1 amide bonds. The Balaban J connectivity index is 3.70. The first kappa shape index (κ1) is 8.81. The van der Waals surface area contributed by atoms with Crippen LogP contribution in [0.4, 0.5) is 0 Å². The van der Waals surface area contributed by atoms with Gasteiger partial charge < -0.3 is 15.3 Å². The van der Waals surface area contributed by atoms with Gasteiger partial charge in [0, 0.05) is 18.8 Å². The van der Waals surface area contributed by atoms with Gasteiger partial charge in [0.2, 0.25) is 5.91 Å². The molecule has 2 N–H and O–H groups in total. The summed E-state index contributed by atoms with van der Waals surface area (Å²) in [6.07, 6.45) is 1.20. The number of rotatable bonds is 5. The second kappa shape index (κ2) is 4.67. The number of carbonyl (C=O) groups is 3. The number of hydrogen-bond donors (Lipinski definition) is 1. The summed E-state index contributed by atoms with van der Waals surface area (Å²) in [5.41, 5.74) is 4.79. The fourth-order valence-electron chi connectivity index (χ4n) is 0.569. The van der Waals surface area contributed by atoms with Crippen molar-refractivity contribution in [2.24, 2.45) is 11.7 Å². The lowest BCUT2D eigenvalue weighted by Crippen LogP contribution is -2.17. The van der Waals surface area contributed by atoms with Gasteiger partial charge in [0.25, 0.3) is 0 Å². The topological polar surface area (TPSA) is 77.2 Å². The third-order valence-corrected chi connectivity index (χ3v) is 1.05. The van der Waals surface area contributed by atoms with E-state index in [4.69, 9.17) is 5.73 Å². The number of nitrogens with two attached hydrogens (primary N) is 1. The molecule has 4 nitrogen and oxygen atoms in total. The van der Waals surface area contributed by atoms with Crippen molar-refractivity contribution >= 4 is 18.5 Å². The molecule has 0 aliphatic rings. The van der Waals surface area contributed by atoms with Gasteiger partial charge in [0.1, 0.15) is 12.6 Å². The summed E-state index contributed by atoms with van der Waals surface area (Å²) in [5, 5.41) is 0. The van der Waals surface area contributed by atoms with E-state index in [2.05, 4.69) is 0 Å². The summed E-state index contributed by atoms with van der Waals surface area (Å²) in [6, 6.07) is 0. The van der Waals surface area contributed by atoms with Crippen LogP contribution in [0, 0.1) is 5.92 Å². The van der Waals surface area contributed by atoms with E-state index >= 15 is 0 Å². The van der Waals surface area contributed by atoms with Gasteiger partial charge >= 0.3 is 0 Å². The third-order valence-electron chi connectivity index (χ3n) is 1.05. The van der Waals surface area contributed by atoms with Gasteiger partial charge in [0.15, 0.2) is 0 Å². The number of primary amides is 1. The fraction of sp³-hybridized carbons (Fsp3) is 0.500. The lowest BCUT2D eigenvalue weighted by Gasteiger charge is -1.99. The zero-order valence-corrected chi connectivity index (χ0v) is 5.45. The quantitative estimate of drug-likeness (QED) is 0.515. The number of aldehydes is 2. The highest BCUT2D eigenvalue weighted by atomic mass is 16.1. The Morgan fingerprint density at radius 1 is 1.50 bits per heavy atom. The van der Waals surface area contributed by atoms with Crippen molar-refractivity contribution in [3.63, 3.8) is 0 Å². The Morgan fingerprint density at radius 3 is 2.40 bits per heavy atom. The van der Waals surface area contributed by atoms with Crippen LogP contribution in [-0.2, 0) is 14.4 Å². The van der Waals surface area contributed by atoms with Crippen molar-refractivity contribution in [1.82, 2.24) is 0 Å². The molecular weight excluding hydrogens is 134 g/mol. The average Bonchev–Trinajstić information content (AvgIpc) is 1.86. The summed E-state index contributed by atoms with van der Waals surface area (Å²) in [7, 11) is 0. The molecule has 4 heteroatoms. The minimum atomic E-state index is -0.557. The van der Waals surface area contributed by atoms with E-state index in [1.54, 1.807) is 0 Å². The fourth-order valence-corrected chi connectivity index (χ4v) is 0.569. The van der Waals surface area contributed by atoms with Crippen molar-refractivity contribution in [1.29, 1.82) is 0 Å². The SMILES string of the molecule is NC(=O)CC(C=O)CC=O. The Kier molecular flexibility index (Phi) is 4.11. The predicted molar refractivity (Wildman–Crippen MR) is 34.0 cm³/mol. The van der Waals surface area contributed by atoms with E-state index < -0.39 is 11.8 Å². The van der Waals surface area contributed by atoms with E-state index in [1.807, 2.05) is 0 Å². The van der Waals surface area contributed by atoms with E-state index in [9.17, 15) is 14.4 Å². The standard InChI is InChI=1S/C6H9NO3/c7-6(10)3-5(4-9)1-2-8/h2,4-5H,1,3H2,(H2,7,10). The summed E-state index contributed by atoms with van der Waals surface area (Å²) in [6.45, 7) is 0. The minimum Gasteiger partial charge on any atom is -0.370 e. The van der Waals surface area contributed by atoms with Gasteiger partial charge in [-0.1, -0.05) is 0 Å². The highest BCUT2D eigenvalue weighted by molar-refractivity contribution is 5.78. The molecule has 0 aromatic carbocycles. The second-order valence-electron chi connectivity index (χ2n) is 1.97. The van der Waals surface area contributed by atoms with E-state index in [1.165, 1.54) is 0 Å². The molecule has 0 heterocycles. The van der Waals surface area contributed by atoms with Crippen molar-refractivity contribution in [2.45, 2.75) is 12.8 Å².